The summed E-state index contributed by atoms with van der Waals surface area (Å²) in [6, 6.07) is 0.612. The number of nitriles is 1. The Hall–Kier alpha value is -2.96. The summed E-state index contributed by atoms with van der Waals surface area (Å²) >= 11 is 0. The molecule has 10 nitrogen and oxygen atoms in total. The molecule has 1 unspecified atom stereocenters. The third-order valence-corrected chi connectivity index (χ3v) is 2.60. The van der Waals surface area contributed by atoms with E-state index in [0.29, 0.717) is 0 Å². The number of urea groups is 1. The lowest BCUT2D eigenvalue weighted by molar-refractivity contribution is -0.391. The van der Waals surface area contributed by atoms with E-state index in [1.54, 1.807) is 0 Å². The van der Waals surface area contributed by atoms with Crippen LogP contribution in [0, 0.1) is 21.4 Å². The quantitative estimate of drug-likeness (QED) is 0.430. The first-order valence-corrected chi connectivity index (χ1v) is 5.13. The van der Waals surface area contributed by atoms with Gasteiger partial charge in [0.2, 0.25) is 0 Å². The van der Waals surface area contributed by atoms with E-state index in [0.717, 1.165) is 15.7 Å². The molecule has 0 spiro atoms. The van der Waals surface area contributed by atoms with Gasteiger partial charge in [0.1, 0.15) is 12.2 Å². The number of carbonyl (C=O) groups excluding carboxylic acids is 2. The fraction of sp³-hybridized carbons (Fsp3) is 0.333. The van der Waals surface area contributed by atoms with Crippen molar-refractivity contribution in [2.45, 2.75) is 6.04 Å². The third-order valence-electron chi connectivity index (χ3n) is 2.60. The second kappa shape index (κ2) is 4.37. The predicted molar refractivity (Wildman–Crippen MR) is 58.8 cm³/mol. The molecule has 2 heterocycles. The van der Waals surface area contributed by atoms with Crippen LogP contribution in [0.2, 0.25) is 0 Å². The number of carbonyl (C=O) groups is 2. The Morgan fingerprint density at radius 1 is 1.68 bits per heavy atom. The lowest BCUT2D eigenvalue weighted by Gasteiger charge is -2.02. The van der Waals surface area contributed by atoms with Crippen molar-refractivity contribution in [3.63, 3.8) is 0 Å². The number of nitro groups is 1. The maximum atomic E-state index is 11.7. The van der Waals surface area contributed by atoms with Crippen LogP contribution in [0.4, 0.5) is 10.6 Å². The molecule has 1 saturated heterocycles. The maximum absolute atomic E-state index is 11.7. The van der Waals surface area contributed by atoms with Crippen LogP contribution in [-0.4, -0.2) is 43.9 Å². The second-order valence-electron chi connectivity index (χ2n) is 3.81. The van der Waals surface area contributed by atoms with Gasteiger partial charge in [-0.1, -0.05) is 0 Å². The van der Waals surface area contributed by atoms with Gasteiger partial charge in [0, 0.05) is 0 Å². The number of hydrogen-bond donors (Lipinski definition) is 1. The summed E-state index contributed by atoms with van der Waals surface area (Å²) in [7, 11) is 1.29. The highest BCUT2D eigenvalue weighted by molar-refractivity contribution is 6.03. The molecule has 2 rings (SSSR count). The first-order chi connectivity index (χ1) is 8.95. The molecule has 1 aromatic heterocycles. The number of amides is 3. The first kappa shape index (κ1) is 12.5. The zero-order valence-electron chi connectivity index (χ0n) is 9.73. The van der Waals surface area contributed by atoms with Crippen LogP contribution >= 0.6 is 0 Å². The third kappa shape index (κ3) is 2.21. The van der Waals surface area contributed by atoms with Crippen LogP contribution in [0.15, 0.2) is 6.20 Å². The van der Waals surface area contributed by atoms with Crippen molar-refractivity contribution in [3.05, 3.63) is 22.1 Å². The molecule has 1 aliphatic rings. The molecular weight excluding hydrogens is 256 g/mol. The van der Waals surface area contributed by atoms with Crippen molar-refractivity contribution < 1.29 is 14.5 Å². The summed E-state index contributed by atoms with van der Waals surface area (Å²) in [5, 5.41) is 21.1. The molecule has 3 amide bonds. The van der Waals surface area contributed by atoms with Crippen molar-refractivity contribution in [1.29, 1.82) is 5.26 Å². The molecule has 19 heavy (non-hydrogen) atoms. The lowest BCUT2D eigenvalue weighted by Crippen LogP contribution is -2.36. The van der Waals surface area contributed by atoms with Crippen LogP contribution < -0.4 is 5.32 Å². The molecule has 1 aromatic rings. The van der Waals surface area contributed by atoms with Gasteiger partial charge in [-0.25, -0.2) is 14.3 Å². The van der Waals surface area contributed by atoms with Gasteiger partial charge < -0.3 is 15.0 Å². The minimum Gasteiger partial charge on any atom is -0.358 e. The molecule has 0 aromatic carbocycles. The number of imidazole rings is 1. The molecule has 0 saturated carbocycles. The van der Waals surface area contributed by atoms with E-state index in [1.165, 1.54) is 7.05 Å². The van der Waals surface area contributed by atoms with E-state index in [1.807, 2.05) is 11.4 Å². The number of nitrogens with one attached hydrogen (secondary N) is 1. The van der Waals surface area contributed by atoms with Crippen molar-refractivity contribution >= 4 is 17.8 Å². The minimum absolute atomic E-state index is 0.254. The number of aromatic nitrogens is 2. The van der Waals surface area contributed by atoms with Gasteiger partial charge >= 0.3 is 17.8 Å². The van der Waals surface area contributed by atoms with Gasteiger partial charge in [-0.05, 0) is 4.92 Å². The molecular formula is C9H8N6O4. The average molecular weight is 264 g/mol. The number of rotatable bonds is 2. The Balaban J connectivity index is 2.07. The lowest BCUT2D eigenvalue weighted by atomic mass is 10.5. The van der Waals surface area contributed by atoms with Gasteiger partial charge in [0.05, 0.1) is 19.7 Å². The largest absolute Gasteiger partial charge is 0.358 e. The molecule has 1 fully saturated rings. The van der Waals surface area contributed by atoms with Gasteiger partial charge in [0.15, 0.2) is 0 Å². The van der Waals surface area contributed by atoms with E-state index < -0.39 is 22.9 Å². The summed E-state index contributed by atoms with van der Waals surface area (Å²) in [5.41, 5.74) is 0. The predicted octanol–water partition coefficient (Wildman–Crippen LogP) is -0.614. The van der Waals surface area contributed by atoms with Crippen molar-refractivity contribution in [2.24, 2.45) is 7.05 Å². The van der Waals surface area contributed by atoms with Gasteiger partial charge in [-0.15, -0.1) is 0 Å². The van der Waals surface area contributed by atoms with E-state index in [4.69, 9.17) is 5.26 Å². The van der Waals surface area contributed by atoms with Crippen molar-refractivity contribution in [1.82, 2.24) is 19.8 Å². The van der Waals surface area contributed by atoms with E-state index >= 15 is 0 Å². The van der Waals surface area contributed by atoms with Crippen LogP contribution in [-0.2, 0) is 7.05 Å². The number of imide groups is 1. The Labute approximate surface area is 106 Å². The highest BCUT2D eigenvalue weighted by Crippen LogP contribution is 2.16. The van der Waals surface area contributed by atoms with E-state index in [9.17, 15) is 19.7 Å². The SMILES string of the molecule is Cn1c([N+](=O)[O-])cnc1C(=O)NC(=O)N1CC1C#N. The Morgan fingerprint density at radius 3 is 2.84 bits per heavy atom. The van der Waals surface area contributed by atoms with Gasteiger partial charge in [-0.3, -0.25) is 10.1 Å². The molecule has 1 N–H and O–H groups in total. The standard InChI is InChI=1S/C9H8N6O4/c1-13-6(15(18)19)3-11-7(13)8(16)12-9(17)14-4-5(14)2-10/h3,5H,4H2,1H3,(H,12,16,17). The summed E-state index contributed by atoms with van der Waals surface area (Å²) in [4.78, 5) is 37.8. The van der Waals surface area contributed by atoms with Crippen molar-refractivity contribution in [3.8, 4) is 6.07 Å². The Bertz CT molecular complexity index is 615. The minimum atomic E-state index is -0.857. The molecule has 0 radical (unpaired) electrons. The van der Waals surface area contributed by atoms with Crippen LogP contribution in [0.25, 0.3) is 0 Å². The molecule has 1 aliphatic heterocycles. The average Bonchev–Trinajstić information content (AvgIpc) is 3.04. The normalized spacial score (nSPS) is 16.6. The zero-order chi connectivity index (χ0) is 14.2. The highest BCUT2D eigenvalue weighted by atomic mass is 16.6. The monoisotopic (exact) mass is 264 g/mol. The smallest absolute Gasteiger partial charge is 0.343 e. The first-order valence-electron chi connectivity index (χ1n) is 5.13. The topological polar surface area (TPSA) is 134 Å². The zero-order valence-corrected chi connectivity index (χ0v) is 9.73. The van der Waals surface area contributed by atoms with Crippen LogP contribution in [0.1, 0.15) is 10.6 Å². The summed E-state index contributed by atoms with van der Waals surface area (Å²) in [5.74, 6) is -1.47. The van der Waals surface area contributed by atoms with Gasteiger partial charge in [0.25, 0.3) is 5.82 Å². The highest BCUT2D eigenvalue weighted by Gasteiger charge is 2.40. The summed E-state index contributed by atoms with van der Waals surface area (Å²) in [6.45, 7) is 0.260. The summed E-state index contributed by atoms with van der Waals surface area (Å²) < 4.78 is 0.965. The maximum Gasteiger partial charge on any atom is 0.343 e. The van der Waals surface area contributed by atoms with Crippen molar-refractivity contribution in [2.75, 3.05) is 6.54 Å². The molecule has 98 valence electrons. The number of nitrogens with zero attached hydrogens (tertiary/aromatic N) is 5. The van der Waals surface area contributed by atoms with Crippen LogP contribution in [0.3, 0.4) is 0 Å². The molecule has 10 heteroatoms. The molecule has 0 aliphatic carbocycles. The molecule has 0 bridgehead atoms. The Kier molecular flexibility index (Phi) is 2.88. The second-order valence-corrected chi connectivity index (χ2v) is 3.81. The molecule has 1 atom stereocenters. The van der Waals surface area contributed by atoms with Crippen LogP contribution in [0.5, 0.6) is 0 Å². The van der Waals surface area contributed by atoms with E-state index in [2.05, 4.69) is 4.98 Å². The fourth-order valence-corrected chi connectivity index (χ4v) is 1.48. The number of hydrogen-bond acceptors (Lipinski definition) is 6. The van der Waals surface area contributed by atoms with Gasteiger partial charge in [-0.2, -0.15) is 5.26 Å². The Morgan fingerprint density at radius 2 is 2.37 bits per heavy atom. The summed E-state index contributed by atoms with van der Waals surface area (Å²) in [6.07, 6.45) is 0.925. The fourth-order valence-electron chi connectivity index (χ4n) is 1.48. The van der Waals surface area contributed by atoms with E-state index in [-0.39, 0.29) is 18.2 Å².